The summed E-state index contributed by atoms with van der Waals surface area (Å²) >= 11 is 0. The van der Waals surface area contributed by atoms with Gasteiger partial charge in [0.1, 0.15) is 5.69 Å². The zero-order valence-corrected chi connectivity index (χ0v) is 12.6. The molecule has 0 fully saturated rings. The van der Waals surface area contributed by atoms with Crippen LogP contribution in [0.1, 0.15) is 32.4 Å². The summed E-state index contributed by atoms with van der Waals surface area (Å²) in [5.74, 6) is -0.814. The number of carboxylic acid groups (broad SMARTS) is 1. The molecule has 1 heterocycles. The average molecular weight is 288 g/mol. The van der Waals surface area contributed by atoms with Crippen molar-refractivity contribution in [2.45, 2.75) is 40.2 Å². The quantitative estimate of drug-likeness (QED) is 0.918. The number of aliphatic carboxylic acids is 1. The maximum Gasteiger partial charge on any atom is 0.309 e. The van der Waals surface area contributed by atoms with E-state index < -0.39 is 11.4 Å². The predicted molar refractivity (Wildman–Crippen MR) is 81.4 cm³/mol. The van der Waals surface area contributed by atoms with Crippen molar-refractivity contribution in [3.05, 3.63) is 40.3 Å². The summed E-state index contributed by atoms with van der Waals surface area (Å²) in [6.45, 7) is 5.61. The Morgan fingerprint density at radius 1 is 1.33 bits per heavy atom. The average Bonchev–Trinajstić information content (AvgIpc) is 2.42. The van der Waals surface area contributed by atoms with Gasteiger partial charge in [0, 0.05) is 6.54 Å². The van der Waals surface area contributed by atoms with E-state index in [2.05, 4.69) is 4.98 Å². The molecule has 5 nitrogen and oxygen atoms in total. The number of aryl methyl sites for hydroxylation is 2. The van der Waals surface area contributed by atoms with Crippen molar-refractivity contribution in [3.63, 3.8) is 0 Å². The molecule has 0 radical (unpaired) electrons. The van der Waals surface area contributed by atoms with Crippen LogP contribution >= 0.6 is 0 Å². The Hall–Kier alpha value is -2.17. The van der Waals surface area contributed by atoms with Crippen molar-refractivity contribution in [1.82, 2.24) is 9.55 Å². The largest absolute Gasteiger partial charge is 0.481 e. The Labute approximate surface area is 123 Å². The summed E-state index contributed by atoms with van der Waals surface area (Å²) in [4.78, 5) is 27.7. The van der Waals surface area contributed by atoms with E-state index in [-0.39, 0.29) is 5.56 Å². The number of benzene rings is 1. The van der Waals surface area contributed by atoms with Gasteiger partial charge in [-0.1, -0.05) is 12.1 Å². The highest BCUT2D eigenvalue weighted by molar-refractivity contribution is 5.74. The molecule has 0 saturated carbocycles. The van der Waals surface area contributed by atoms with Gasteiger partial charge < -0.3 is 9.67 Å². The van der Waals surface area contributed by atoms with Crippen LogP contribution in [-0.4, -0.2) is 20.6 Å². The molecule has 112 valence electrons. The van der Waals surface area contributed by atoms with E-state index in [4.69, 9.17) is 5.11 Å². The first-order valence-corrected chi connectivity index (χ1v) is 7.02. The van der Waals surface area contributed by atoms with Crippen molar-refractivity contribution in [3.8, 4) is 0 Å². The smallest absolute Gasteiger partial charge is 0.309 e. The molecule has 0 aliphatic heterocycles. The molecule has 1 aromatic heterocycles. The highest BCUT2D eigenvalue weighted by atomic mass is 16.4. The summed E-state index contributed by atoms with van der Waals surface area (Å²) < 4.78 is 1.69. The fourth-order valence-corrected chi connectivity index (χ4v) is 2.33. The summed E-state index contributed by atoms with van der Waals surface area (Å²) in [5, 5.41) is 9.13. The third-order valence-corrected chi connectivity index (χ3v) is 3.78. The van der Waals surface area contributed by atoms with Crippen LogP contribution in [0.4, 0.5) is 0 Å². The van der Waals surface area contributed by atoms with Gasteiger partial charge in [-0.15, -0.1) is 0 Å². The van der Waals surface area contributed by atoms with E-state index in [1.54, 1.807) is 25.3 Å². The van der Waals surface area contributed by atoms with Crippen molar-refractivity contribution < 1.29 is 9.90 Å². The molecule has 0 atom stereocenters. The molecule has 0 spiro atoms. The van der Waals surface area contributed by atoms with Gasteiger partial charge in [-0.05, 0) is 45.7 Å². The first-order chi connectivity index (χ1) is 9.83. The minimum Gasteiger partial charge on any atom is -0.481 e. The van der Waals surface area contributed by atoms with E-state index in [0.717, 1.165) is 11.0 Å². The molecule has 0 aliphatic rings. The third kappa shape index (κ3) is 3.12. The van der Waals surface area contributed by atoms with E-state index in [0.29, 0.717) is 25.1 Å². The summed E-state index contributed by atoms with van der Waals surface area (Å²) in [6, 6.07) is 7.50. The van der Waals surface area contributed by atoms with Crippen LogP contribution in [-0.2, 0) is 11.3 Å². The van der Waals surface area contributed by atoms with Crippen LogP contribution < -0.4 is 5.56 Å². The lowest BCUT2D eigenvalue weighted by atomic mass is 9.88. The molecule has 1 N–H and O–H groups in total. The van der Waals surface area contributed by atoms with Crippen LogP contribution in [0, 0.1) is 12.3 Å². The Balaban J connectivity index is 2.28. The topological polar surface area (TPSA) is 72.2 Å². The van der Waals surface area contributed by atoms with Crippen molar-refractivity contribution in [2.75, 3.05) is 0 Å². The van der Waals surface area contributed by atoms with Crippen LogP contribution in [0.2, 0.25) is 0 Å². The molecule has 0 saturated heterocycles. The van der Waals surface area contributed by atoms with Crippen LogP contribution in [0.25, 0.3) is 11.0 Å². The highest BCUT2D eigenvalue weighted by Gasteiger charge is 2.26. The van der Waals surface area contributed by atoms with Crippen molar-refractivity contribution in [1.29, 1.82) is 0 Å². The predicted octanol–water partition coefficient (Wildman–Crippen LogP) is 2.60. The van der Waals surface area contributed by atoms with E-state index in [1.165, 1.54) is 0 Å². The zero-order valence-electron chi connectivity index (χ0n) is 12.6. The maximum absolute atomic E-state index is 12.3. The number of aromatic nitrogens is 2. The molecule has 21 heavy (non-hydrogen) atoms. The van der Waals surface area contributed by atoms with Crippen molar-refractivity contribution >= 4 is 17.0 Å². The number of fused-ring (bicyclic) bond motifs is 1. The minimum atomic E-state index is -0.814. The van der Waals surface area contributed by atoms with E-state index in [1.807, 2.05) is 24.3 Å². The number of hydrogen-bond donors (Lipinski definition) is 1. The monoisotopic (exact) mass is 288 g/mol. The van der Waals surface area contributed by atoms with Crippen LogP contribution in [0.5, 0.6) is 0 Å². The van der Waals surface area contributed by atoms with Gasteiger partial charge in [0.2, 0.25) is 0 Å². The molecule has 5 heteroatoms. The molecule has 2 aromatic rings. The highest BCUT2D eigenvalue weighted by Crippen LogP contribution is 2.23. The molecule has 0 amide bonds. The summed E-state index contributed by atoms with van der Waals surface area (Å²) in [7, 11) is 0. The maximum atomic E-state index is 12.3. The second-order valence-corrected chi connectivity index (χ2v) is 5.94. The second kappa shape index (κ2) is 5.68. The third-order valence-electron chi connectivity index (χ3n) is 3.78. The Bertz CT molecular complexity index is 732. The molecular weight excluding hydrogens is 268 g/mol. The molecular formula is C16H20N2O3. The Kier molecular flexibility index (Phi) is 4.11. The normalized spacial score (nSPS) is 11.8. The van der Waals surface area contributed by atoms with Gasteiger partial charge in [-0.2, -0.15) is 0 Å². The van der Waals surface area contributed by atoms with Crippen molar-refractivity contribution in [2.24, 2.45) is 5.41 Å². The fourth-order valence-electron chi connectivity index (χ4n) is 2.33. The molecule has 0 aliphatic carbocycles. The van der Waals surface area contributed by atoms with Crippen LogP contribution in [0.15, 0.2) is 29.1 Å². The van der Waals surface area contributed by atoms with Gasteiger partial charge in [0.15, 0.2) is 0 Å². The summed E-state index contributed by atoms with van der Waals surface area (Å²) in [5.41, 5.74) is 1.16. The Morgan fingerprint density at radius 2 is 2.00 bits per heavy atom. The van der Waals surface area contributed by atoms with E-state index >= 15 is 0 Å². The van der Waals surface area contributed by atoms with Crippen LogP contribution in [0.3, 0.4) is 0 Å². The number of nitrogens with zero attached hydrogens (tertiary/aromatic N) is 2. The molecule has 1 aromatic carbocycles. The second-order valence-electron chi connectivity index (χ2n) is 5.94. The van der Waals surface area contributed by atoms with Gasteiger partial charge in [-0.3, -0.25) is 9.59 Å². The lowest BCUT2D eigenvalue weighted by Gasteiger charge is -2.19. The lowest BCUT2D eigenvalue weighted by Crippen LogP contribution is -2.27. The van der Waals surface area contributed by atoms with Gasteiger partial charge in [0.25, 0.3) is 5.56 Å². The molecule has 0 unspecified atom stereocenters. The standard InChI is InChI=1S/C16H20N2O3/c1-11-14(19)18(10-6-9-16(2,3)15(20)21)13-8-5-4-7-12(13)17-11/h4-5,7-8H,6,9-10H2,1-3H3,(H,20,21). The lowest BCUT2D eigenvalue weighted by molar-refractivity contribution is -0.147. The molecule has 0 bridgehead atoms. The molecule has 2 rings (SSSR count). The fraction of sp³-hybridized carbons (Fsp3) is 0.438. The van der Waals surface area contributed by atoms with E-state index in [9.17, 15) is 9.59 Å². The Morgan fingerprint density at radius 3 is 2.67 bits per heavy atom. The number of carbonyl (C=O) groups is 1. The number of rotatable bonds is 5. The SMILES string of the molecule is Cc1nc2ccccc2n(CCCC(C)(C)C(=O)O)c1=O. The van der Waals surface area contributed by atoms with Gasteiger partial charge in [-0.25, -0.2) is 4.98 Å². The number of carboxylic acids is 1. The first kappa shape index (κ1) is 15.2. The summed E-state index contributed by atoms with van der Waals surface area (Å²) in [6.07, 6.45) is 1.15. The van der Waals surface area contributed by atoms with Gasteiger partial charge >= 0.3 is 5.97 Å². The minimum absolute atomic E-state index is 0.109. The number of para-hydroxylation sites is 2. The first-order valence-electron chi connectivity index (χ1n) is 7.02. The zero-order chi connectivity index (χ0) is 15.6. The number of hydrogen-bond acceptors (Lipinski definition) is 3. The van der Waals surface area contributed by atoms with Gasteiger partial charge in [0.05, 0.1) is 16.4 Å².